The lowest BCUT2D eigenvalue weighted by Crippen LogP contribution is -2.31. The lowest BCUT2D eigenvalue weighted by Gasteiger charge is -2.29. The second-order valence-corrected chi connectivity index (χ2v) is 8.80. The number of rotatable bonds is 4. The molecule has 28 heavy (non-hydrogen) atoms. The fraction of sp³-hybridized carbons (Fsp3) is 0.619. The van der Waals surface area contributed by atoms with Crippen LogP contribution in [0.1, 0.15) is 64.0 Å². The highest BCUT2D eigenvalue weighted by Gasteiger charge is 2.31. The van der Waals surface area contributed by atoms with Crippen molar-refractivity contribution in [2.24, 2.45) is 5.92 Å². The molecular formula is C21H31BN2O4. The van der Waals surface area contributed by atoms with Gasteiger partial charge in [0, 0.05) is 24.8 Å². The van der Waals surface area contributed by atoms with E-state index in [9.17, 15) is 14.8 Å². The monoisotopic (exact) mass is 386 g/mol. The first kappa shape index (κ1) is 20.9. The number of aromatic nitrogens is 1. The van der Waals surface area contributed by atoms with Crippen LogP contribution in [0.5, 0.6) is 0 Å². The van der Waals surface area contributed by atoms with Gasteiger partial charge in [-0.3, -0.25) is 4.79 Å². The minimum Gasteiger partial charge on any atom is -0.460 e. The maximum absolute atomic E-state index is 12.4. The molecule has 2 aliphatic rings. The van der Waals surface area contributed by atoms with Crippen molar-refractivity contribution in [1.82, 2.24) is 4.98 Å². The molecule has 1 atom stereocenters. The topological polar surface area (TPSA) is 82.9 Å². The SMILES string of the molecule is CC(C)(C)OC(=O)CC1CCc2ccnc(N3CCCCC3)c2C=C1B(O)O. The van der Waals surface area contributed by atoms with Crippen molar-refractivity contribution < 1.29 is 19.6 Å². The van der Waals surface area contributed by atoms with E-state index in [-0.39, 0.29) is 18.3 Å². The number of aryl methyl sites for hydroxylation is 1. The largest absolute Gasteiger partial charge is 0.484 e. The van der Waals surface area contributed by atoms with E-state index in [1.54, 1.807) is 0 Å². The first-order valence-electron chi connectivity index (χ1n) is 10.3. The lowest BCUT2D eigenvalue weighted by molar-refractivity contribution is -0.155. The number of anilines is 1. The van der Waals surface area contributed by atoms with Crippen LogP contribution in [0.4, 0.5) is 5.82 Å². The van der Waals surface area contributed by atoms with Crippen molar-refractivity contribution in [2.45, 2.75) is 64.9 Å². The molecule has 0 saturated carbocycles. The summed E-state index contributed by atoms with van der Waals surface area (Å²) in [5, 5.41) is 20.1. The first-order chi connectivity index (χ1) is 13.2. The van der Waals surface area contributed by atoms with Crippen LogP contribution in [0.15, 0.2) is 17.7 Å². The summed E-state index contributed by atoms with van der Waals surface area (Å²) in [5.41, 5.74) is 2.01. The van der Waals surface area contributed by atoms with Crippen molar-refractivity contribution in [2.75, 3.05) is 18.0 Å². The van der Waals surface area contributed by atoms with Crippen LogP contribution < -0.4 is 4.90 Å². The highest BCUT2D eigenvalue weighted by Crippen LogP contribution is 2.35. The molecule has 6 nitrogen and oxygen atoms in total. The third-order valence-electron chi connectivity index (χ3n) is 5.39. The number of ether oxygens (including phenoxy) is 1. The van der Waals surface area contributed by atoms with E-state index in [0.29, 0.717) is 11.9 Å². The number of carbonyl (C=O) groups is 1. The number of esters is 1. The van der Waals surface area contributed by atoms with Gasteiger partial charge in [-0.1, -0.05) is 6.08 Å². The molecule has 0 spiro atoms. The number of hydrogen-bond donors (Lipinski definition) is 2. The van der Waals surface area contributed by atoms with E-state index in [2.05, 4.69) is 9.88 Å². The van der Waals surface area contributed by atoms with Crippen molar-refractivity contribution in [1.29, 1.82) is 0 Å². The number of allylic oxidation sites excluding steroid dienone is 1. The molecule has 1 fully saturated rings. The van der Waals surface area contributed by atoms with Gasteiger partial charge in [-0.05, 0) is 75.9 Å². The van der Waals surface area contributed by atoms with Crippen LogP contribution in [-0.4, -0.2) is 46.8 Å². The fourth-order valence-electron chi connectivity index (χ4n) is 4.10. The summed E-state index contributed by atoms with van der Waals surface area (Å²) in [6, 6.07) is 2.00. The van der Waals surface area contributed by atoms with Gasteiger partial charge in [0.1, 0.15) is 11.4 Å². The summed E-state index contributed by atoms with van der Waals surface area (Å²) >= 11 is 0. The van der Waals surface area contributed by atoms with Crippen molar-refractivity contribution >= 4 is 25.0 Å². The van der Waals surface area contributed by atoms with Gasteiger partial charge < -0.3 is 19.7 Å². The quantitative estimate of drug-likeness (QED) is 0.612. The summed E-state index contributed by atoms with van der Waals surface area (Å²) in [5.74, 6) is 0.328. The zero-order valence-corrected chi connectivity index (χ0v) is 17.1. The molecule has 1 saturated heterocycles. The van der Waals surface area contributed by atoms with Gasteiger partial charge in [0.2, 0.25) is 0 Å². The van der Waals surface area contributed by atoms with E-state index >= 15 is 0 Å². The van der Waals surface area contributed by atoms with E-state index in [1.165, 1.54) is 6.42 Å². The Morgan fingerprint density at radius 2 is 2.00 bits per heavy atom. The smallest absolute Gasteiger partial charge is 0.460 e. The maximum Gasteiger partial charge on any atom is 0.484 e. The molecule has 1 aliphatic carbocycles. The molecule has 0 radical (unpaired) electrons. The van der Waals surface area contributed by atoms with Crippen molar-refractivity contribution in [3.63, 3.8) is 0 Å². The molecule has 1 aliphatic heterocycles. The third kappa shape index (κ3) is 5.14. The summed E-state index contributed by atoms with van der Waals surface area (Å²) in [7, 11) is -1.60. The van der Waals surface area contributed by atoms with Crippen molar-refractivity contribution in [3.05, 3.63) is 28.9 Å². The molecule has 0 aromatic carbocycles. The Bertz CT molecular complexity index is 736. The second kappa shape index (κ2) is 8.66. The zero-order chi connectivity index (χ0) is 20.3. The van der Waals surface area contributed by atoms with Gasteiger partial charge >= 0.3 is 13.1 Å². The second-order valence-electron chi connectivity index (χ2n) is 8.80. The van der Waals surface area contributed by atoms with Gasteiger partial charge in [0.25, 0.3) is 0 Å². The van der Waals surface area contributed by atoms with Crippen LogP contribution in [0.3, 0.4) is 0 Å². The number of pyridine rings is 1. The summed E-state index contributed by atoms with van der Waals surface area (Å²) in [6.45, 7) is 7.44. The summed E-state index contributed by atoms with van der Waals surface area (Å²) in [6.07, 6.45) is 8.77. The molecule has 152 valence electrons. The molecule has 0 amide bonds. The number of piperidine rings is 1. The van der Waals surface area contributed by atoms with Gasteiger partial charge in [0.15, 0.2) is 0 Å². The normalized spacial score (nSPS) is 20.1. The summed E-state index contributed by atoms with van der Waals surface area (Å²) in [4.78, 5) is 19.3. The Labute approximate surface area is 167 Å². The predicted molar refractivity (Wildman–Crippen MR) is 111 cm³/mol. The number of nitrogens with zero attached hydrogens (tertiary/aromatic N) is 2. The molecule has 2 N–H and O–H groups in total. The van der Waals surface area contributed by atoms with Crippen molar-refractivity contribution in [3.8, 4) is 0 Å². The predicted octanol–water partition coefficient (Wildman–Crippen LogP) is 2.76. The number of carbonyl (C=O) groups excluding carboxylic acids is 1. The first-order valence-corrected chi connectivity index (χ1v) is 10.3. The lowest BCUT2D eigenvalue weighted by atomic mass is 9.69. The summed E-state index contributed by atoms with van der Waals surface area (Å²) < 4.78 is 5.46. The average molecular weight is 386 g/mol. The van der Waals surface area contributed by atoms with Crippen LogP contribution in [-0.2, 0) is 16.0 Å². The minimum absolute atomic E-state index is 0.140. The van der Waals surface area contributed by atoms with Crippen LogP contribution in [0.2, 0.25) is 0 Å². The molecule has 1 unspecified atom stereocenters. The van der Waals surface area contributed by atoms with E-state index in [1.807, 2.05) is 39.1 Å². The molecule has 7 heteroatoms. The van der Waals surface area contributed by atoms with E-state index < -0.39 is 12.7 Å². The highest BCUT2D eigenvalue weighted by molar-refractivity contribution is 6.52. The van der Waals surface area contributed by atoms with Gasteiger partial charge in [-0.15, -0.1) is 0 Å². The molecule has 0 bridgehead atoms. The van der Waals surface area contributed by atoms with Crippen LogP contribution >= 0.6 is 0 Å². The fourth-order valence-corrected chi connectivity index (χ4v) is 4.10. The van der Waals surface area contributed by atoms with E-state index in [4.69, 9.17) is 4.74 Å². The number of fused-ring (bicyclic) bond motifs is 1. The standard InChI is InChI=1S/C21H31BN2O4/c1-21(2,3)28-19(25)13-16-8-7-15-9-10-23-20(24-11-5-4-6-12-24)17(15)14-18(16)22(26)27/h9-10,14,16,26-27H,4-8,11-13H2,1-3H3. The van der Waals surface area contributed by atoms with E-state index in [0.717, 1.165) is 49.3 Å². The Balaban J connectivity index is 1.90. The Kier molecular flexibility index (Phi) is 6.45. The Morgan fingerprint density at radius 3 is 2.64 bits per heavy atom. The molecule has 3 rings (SSSR count). The maximum atomic E-state index is 12.4. The number of hydrogen-bond acceptors (Lipinski definition) is 6. The Hall–Kier alpha value is -1.86. The van der Waals surface area contributed by atoms with Gasteiger partial charge in [-0.25, -0.2) is 4.98 Å². The molecular weight excluding hydrogens is 355 g/mol. The molecule has 2 heterocycles. The van der Waals surface area contributed by atoms with Crippen LogP contribution in [0, 0.1) is 5.92 Å². The van der Waals surface area contributed by atoms with Gasteiger partial charge in [0.05, 0.1) is 6.42 Å². The zero-order valence-electron chi connectivity index (χ0n) is 17.1. The van der Waals surface area contributed by atoms with Gasteiger partial charge in [-0.2, -0.15) is 0 Å². The highest BCUT2D eigenvalue weighted by atomic mass is 16.6. The Morgan fingerprint density at radius 1 is 1.29 bits per heavy atom. The molecule has 1 aromatic heterocycles. The third-order valence-corrected chi connectivity index (χ3v) is 5.39. The molecule has 1 aromatic rings. The average Bonchev–Trinajstić information content (AvgIpc) is 2.80. The minimum atomic E-state index is -1.60. The van der Waals surface area contributed by atoms with Crippen LogP contribution in [0.25, 0.3) is 6.08 Å².